The maximum atomic E-state index is 11.5. The molecular weight excluding hydrogens is 184 g/mol. The molecule has 0 spiro atoms. The number of rotatable bonds is 2. The standard InChI is InChI=1S/C9H18N2OS/c1-9(2)7-11(5-6-13-9)8(12)3-4-10/h3-7,10H2,1-2H3. The molecule has 4 heteroatoms. The first-order valence-corrected chi connectivity index (χ1v) is 5.65. The van der Waals surface area contributed by atoms with E-state index in [1.807, 2.05) is 16.7 Å². The highest BCUT2D eigenvalue weighted by Gasteiger charge is 2.28. The monoisotopic (exact) mass is 202 g/mol. The Kier molecular flexibility index (Phi) is 3.62. The highest BCUT2D eigenvalue weighted by Crippen LogP contribution is 2.29. The fourth-order valence-electron chi connectivity index (χ4n) is 1.51. The van der Waals surface area contributed by atoms with E-state index in [0.717, 1.165) is 18.8 Å². The Bertz CT molecular complexity index is 194. The molecule has 2 N–H and O–H groups in total. The first kappa shape index (κ1) is 10.9. The zero-order chi connectivity index (χ0) is 9.90. The van der Waals surface area contributed by atoms with Crippen LogP contribution < -0.4 is 5.73 Å². The highest BCUT2D eigenvalue weighted by molar-refractivity contribution is 8.00. The molecule has 0 aromatic heterocycles. The summed E-state index contributed by atoms with van der Waals surface area (Å²) in [5.41, 5.74) is 5.35. The minimum Gasteiger partial charge on any atom is -0.340 e. The normalized spacial score (nSPS) is 21.6. The van der Waals surface area contributed by atoms with Gasteiger partial charge >= 0.3 is 0 Å². The number of carbonyl (C=O) groups excluding carboxylic acids is 1. The number of nitrogens with zero attached hydrogens (tertiary/aromatic N) is 1. The van der Waals surface area contributed by atoms with Gasteiger partial charge in [0.2, 0.25) is 5.91 Å². The number of hydrogen-bond acceptors (Lipinski definition) is 3. The summed E-state index contributed by atoms with van der Waals surface area (Å²) in [4.78, 5) is 13.5. The Balaban J connectivity index is 2.47. The van der Waals surface area contributed by atoms with Gasteiger partial charge in [-0.05, 0) is 13.8 Å². The predicted molar refractivity (Wildman–Crippen MR) is 56.8 cm³/mol. The van der Waals surface area contributed by atoms with E-state index in [1.165, 1.54) is 0 Å². The molecule has 13 heavy (non-hydrogen) atoms. The summed E-state index contributed by atoms with van der Waals surface area (Å²) in [7, 11) is 0. The molecular formula is C9H18N2OS. The fraction of sp³-hybridized carbons (Fsp3) is 0.889. The van der Waals surface area contributed by atoms with Gasteiger partial charge < -0.3 is 10.6 Å². The van der Waals surface area contributed by atoms with E-state index in [2.05, 4.69) is 13.8 Å². The summed E-state index contributed by atoms with van der Waals surface area (Å²) in [5, 5.41) is 0. The van der Waals surface area contributed by atoms with Gasteiger partial charge in [0.05, 0.1) is 0 Å². The van der Waals surface area contributed by atoms with Gasteiger partial charge in [-0.25, -0.2) is 0 Å². The molecule has 1 heterocycles. The van der Waals surface area contributed by atoms with Crippen molar-refractivity contribution in [3.05, 3.63) is 0 Å². The van der Waals surface area contributed by atoms with Crippen molar-refractivity contribution in [2.45, 2.75) is 25.0 Å². The second-order valence-corrected chi connectivity index (χ2v) is 5.76. The van der Waals surface area contributed by atoms with Crippen LogP contribution >= 0.6 is 11.8 Å². The summed E-state index contributed by atoms with van der Waals surface area (Å²) in [6.45, 7) is 6.56. The van der Waals surface area contributed by atoms with E-state index in [4.69, 9.17) is 5.73 Å². The third kappa shape index (κ3) is 3.19. The number of carbonyl (C=O) groups is 1. The lowest BCUT2D eigenvalue weighted by Gasteiger charge is -2.37. The zero-order valence-electron chi connectivity index (χ0n) is 8.38. The summed E-state index contributed by atoms with van der Waals surface area (Å²) in [6, 6.07) is 0. The van der Waals surface area contributed by atoms with Crippen LogP contribution in [0, 0.1) is 0 Å². The van der Waals surface area contributed by atoms with Crippen molar-refractivity contribution in [2.24, 2.45) is 5.73 Å². The van der Waals surface area contributed by atoms with Gasteiger partial charge in [0.15, 0.2) is 0 Å². The smallest absolute Gasteiger partial charge is 0.223 e. The van der Waals surface area contributed by atoms with Crippen molar-refractivity contribution < 1.29 is 4.79 Å². The third-order valence-corrected chi connectivity index (χ3v) is 3.43. The van der Waals surface area contributed by atoms with Crippen LogP contribution in [0.3, 0.4) is 0 Å². The van der Waals surface area contributed by atoms with Gasteiger partial charge in [0, 0.05) is 36.6 Å². The Labute approximate surface area is 84.0 Å². The summed E-state index contributed by atoms with van der Waals surface area (Å²) < 4.78 is 0.211. The van der Waals surface area contributed by atoms with Gasteiger partial charge in [0.1, 0.15) is 0 Å². The molecule has 1 saturated heterocycles. The van der Waals surface area contributed by atoms with Crippen LogP contribution in [0.25, 0.3) is 0 Å². The lowest BCUT2D eigenvalue weighted by atomic mass is 10.2. The highest BCUT2D eigenvalue weighted by atomic mass is 32.2. The first-order chi connectivity index (χ1) is 6.05. The van der Waals surface area contributed by atoms with Gasteiger partial charge in [-0.2, -0.15) is 11.8 Å². The Morgan fingerprint density at radius 3 is 2.85 bits per heavy atom. The Hall–Kier alpha value is -0.220. The van der Waals surface area contributed by atoms with Gasteiger partial charge in [-0.3, -0.25) is 4.79 Å². The molecule has 1 rings (SSSR count). The third-order valence-electron chi connectivity index (χ3n) is 2.14. The van der Waals surface area contributed by atoms with Gasteiger partial charge in [-0.15, -0.1) is 0 Å². The van der Waals surface area contributed by atoms with Crippen LogP contribution in [-0.4, -0.2) is 40.9 Å². The van der Waals surface area contributed by atoms with Crippen LogP contribution in [0.5, 0.6) is 0 Å². The second-order valence-electron chi connectivity index (χ2n) is 3.96. The van der Waals surface area contributed by atoms with E-state index in [-0.39, 0.29) is 10.7 Å². The van der Waals surface area contributed by atoms with Crippen LogP contribution in [0.2, 0.25) is 0 Å². The molecule has 0 unspecified atom stereocenters. The molecule has 1 aliphatic heterocycles. The molecule has 1 aliphatic rings. The topological polar surface area (TPSA) is 46.3 Å². The van der Waals surface area contributed by atoms with E-state index in [1.54, 1.807) is 0 Å². The van der Waals surface area contributed by atoms with Gasteiger partial charge in [0.25, 0.3) is 0 Å². The number of amides is 1. The average Bonchev–Trinajstić information content (AvgIpc) is 2.03. The van der Waals surface area contributed by atoms with Crippen molar-refractivity contribution in [3.8, 4) is 0 Å². The van der Waals surface area contributed by atoms with Crippen molar-refractivity contribution in [1.82, 2.24) is 4.90 Å². The van der Waals surface area contributed by atoms with E-state index in [0.29, 0.717) is 13.0 Å². The van der Waals surface area contributed by atoms with Crippen molar-refractivity contribution in [3.63, 3.8) is 0 Å². The fourth-order valence-corrected chi connectivity index (χ4v) is 2.62. The molecule has 0 saturated carbocycles. The summed E-state index contributed by atoms with van der Waals surface area (Å²) in [6.07, 6.45) is 0.487. The maximum Gasteiger partial charge on any atom is 0.223 e. The number of thioether (sulfide) groups is 1. The molecule has 0 aromatic carbocycles. The second kappa shape index (κ2) is 4.33. The Morgan fingerprint density at radius 1 is 1.62 bits per heavy atom. The molecule has 1 fully saturated rings. The summed E-state index contributed by atoms with van der Waals surface area (Å²) >= 11 is 1.93. The Morgan fingerprint density at radius 2 is 2.31 bits per heavy atom. The molecule has 0 bridgehead atoms. The van der Waals surface area contributed by atoms with E-state index < -0.39 is 0 Å². The maximum absolute atomic E-state index is 11.5. The van der Waals surface area contributed by atoms with Gasteiger partial charge in [-0.1, -0.05) is 0 Å². The molecule has 3 nitrogen and oxygen atoms in total. The number of hydrogen-bond donors (Lipinski definition) is 1. The lowest BCUT2D eigenvalue weighted by Crippen LogP contribution is -2.46. The van der Waals surface area contributed by atoms with Crippen molar-refractivity contribution in [2.75, 3.05) is 25.4 Å². The zero-order valence-corrected chi connectivity index (χ0v) is 9.19. The number of nitrogens with two attached hydrogens (primary N) is 1. The molecule has 0 atom stereocenters. The first-order valence-electron chi connectivity index (χ1n) is 4.67. The summed E-state index contributed by atoms with van der Waals surface area (Å²) in [5.74, 6) is 1.25. The molecule has 0 radical (unpaired) electrons. The van der Waals surface area contributed by atoms with Crippen molar-refractivity contribution >= 4 is 17.7 Å². The van der Waals surface area contributed by atoms with E-state index >= 15 is 0 Å². The molecule has 0 aromatic rings. The lowest BCUT2D eigenvalue weighted by molar-refractivity contribution is -0.131. The SMILES string of the molecule is CC1(C)CN(C(=O)CCN)CCS1. The minimum atomic E-state index is 0.205. The minimum absolute atomic E-state index is 0.205. The molecule has 0 aliphatic carbocycles. The van der Waals surface area contributed by atoms with Crippen LogP contribution in [0.1, 0.15) is 20.3 Å². The molecule has 76 valence electrons. The van der Waals surface area contributed by atoms with Crippen LogP contribution in [0.15, 0.2) is 0 Å². The quantitative estimate of drug-likeness (QED) is 0.716. The van der Waals surface area contributed by atoms with Crippen molar-refractivity contribution in [1.29, 1.82) is 0 Å². The molecule has 1 amide bonds. The van der Waals surface area contributed by atoms with Crippen LogP contribution in [0.4, 0.5) is 0 Å². The predicted octanol–water partition coefficient (Wildman–Crippen LogP) is 0.689. The van der Waals surface area contributed by atoms with Crippen LogP contribution in [-0.2, 0) is 4.79 Å². The van der Waals surface area contributed by atoms with E-state index in [9.17, 15) is 4.79 Å². The average molecular weight is 202 g/mol. The largest absolute Gasteiger partial charge is 0.340 e.